The van der Waals surface area contributed by atoms with Gasteiger partial charge in [0.05, 0.1) is 27.9 Å². The minimum absolute atomic E-state index is 0.190. The van der Waals surface area contributed by atoms with Crippen molar-refractivity contribution in [2.75, 3.05) is 34.9 Å². The van der Waals surface area contributed by atoms with Gasteiger partial charge in [-0.15, -0.1) is 11.3 Å². The van der Waals surface area contributed by atoms with Gasteiger partial charge < -0.3 is 24.2 Å². The zero-order valence-corrected chi connectivity index (χ0v) is 14.9. The summed E-state index contributed by atoms with van der Waals surface area (Å²) in [5.41, 5.74) is 0.394. The number of aliphatic hydroxyl groups excluding tert-OH is 1. The molecule has 0 aliphatic heterocycles. The van der Waals surface area contributed by atoms with Crippen LogP contribution in [0.15, 0.2) is 29.6 Å². The van der Waals surface area contributed by atoms with Crippen molar-refractivity contribution in [2.24, 2.45) is 0 Å². The zero-order valence-electron chi connectivity index (χ0n) is 14.1. The minimum atomic E-state index is -0.721. The van der Waals surface area contributed by atoms with Gasteiger partial charge in [-0.1, -0.05) is 6.07 Å². The van der Waals surface area contributed by atoms with E-state index in [9.17, 15) is 9.90 Å². The van der Waals surface area contributed by atoms with Crippen LogP contribution >= 0.6 is 11.3 Å². The van der Waals surface area contributed by atoms with Crippen molar-refractivity contribution in [3.63, 3.8) is 0 Å². The molecular formula is C17H21NO5S. The van der Waals surface area contributed by atoms with Gasteiger partial charge in [0.25, 0.3) is 5.91 Å². The molecule has 0 saturated heterocycles. The largest absolute Gasteiger partial charge is 0.493 e. The smallest absolute Gasteiger partial charge is 0.253 e. The fourth-order valence-corrected chi connectivity index (χ4v) is 3.04. The van der Waals surface area contributed by atoms with E-state index >= 15 is 0 Å². The molecular weight excluding hydrogens is 330 g/mol. The van der Waals surface area contributed by atoms with Crippen LogP contribution in [0.4, 0.5) is 0 Å². The van der Waals surface area contributed by atoms with Gasteiger partial charge in [0.2, 0.25) is 5.75 Å². The van der Waals surface area contributed by atoms with Crippen LogP contribution in [0, 0.1) is 0 Å². The molecule has 0 saturated carbocycles. The molecule has 0 bridgehead atoms. The number of methoxy groups -OCH3 is 3. The van der Waals surface area contributed by atoms with E-state index in [0.717, 1.165) is 4.88 Å². The van der Waals surface area contributed by atoms with E-state index in [2.05, 4.69) is 0 Å². The van der Waals surface area contributed by atoms with Crippen molar-refractivity contribution in [3.05, 3.63) is 40.1 Å². The third-order valence-electron chi connectivity index (χ3n) is 3.58. The van der Waals surface area contributed by atoms with E-state index in [0.29, 0.717) is 22.8 Å². The number of hydrogen-bond acceptors (Lipinski definition) is 6. The Labute approximate surface area is 145 Å². The van der Waals surface area contributed by atoms with Crippen molar-refractivity contribution < 1.29 is 24.1 Å². The zero-order chi connectivity index (χ0) is 17.7. The summed E-state index contributed by atoms with van der Waals surface area (Å²) in [4.78, 5) is 14.9. The lowest BCUT2D eigenvalue weighted by Gasteiger charge is -2.21. The molecule has 2 rings (SSSR count). The highest BCUT2D eigenvalue weighted by Crippen LogP contribution is 2.38. The maximum absolute atomic E-state index is 12.7. The first-order valence-corrected chi connectivity index (χ1v) is 8.16. The highest BCUT2D eigenvalue weighted by Gasteiger charge is 2.21. The first-order chi connectivity index (χ1) is 11.5. The second-order valence-corrected chi connectivity index (χ2v) is 6.11. The van der Waals surface area contributed by atoms with Gasteiger partial charge in [0.1, 0.15) is 6.10 Å². The molecule has 130 valence electrons. The average molecular weight is 351 g/mol. The molecule has 1 N–H and O–H groups in total. The van der Waals surface area contributed by atoms with Crippen LogP contribution in [0.2, 0.25) is 0 Å². The van der Waals surface area contributed by atoms with Crippen LogP contribution in [0.5, 0.6) is 17.2 Å². The SMILES string of the molecule is COc1cc(C(=O)N(C)CC(O)c2cccs2)cc(OC)c1OC. The topological polar surface area (TPSA) is 68.2 Å². The van der Waals surface area contributed by atoms with Crippen molar-refractivity contribution >= 4 is 17.2 Å². The summed E-state index contributed by atoms with van der Waals surface area (Å²) in [6, 6.07) is 6.90. The summed E-state index contributed by atoms with van der Waals surface area (Å²) in [6.45, 7) is 0.190. The summed E-state index contributed by atoms with van der Waals surface area (Å²) in [5.74, 6) is 1.00. The molecule has 0 fully saturated rings. The normalized spacial score (nSPS) is 11.7. The molecule has 24 heavy (non-hydrogen) atoms. The van der Waals surface area contributed by atoms with Gasteiger partial charge >= 0.3 is 0 Å². The first kappa shape index (κ1) is 18.1. The molecule has 6 nitrogen and oxygen atoms in total. The van der Waals surface area contributed by atoms with Crippen LogP contribution in [-0.4, -0.2) is 50.8 Å². The number of carbonyl (C=O) groups excluding carboxylic acids is 1. The Balaban J connectivity index is 2.22. The fourth-order valence-electron chi connectivity index (χ4n) is 2.34. The summed E-state index contributed by atoms with van der Waals surface area (Å²) in [6.07, 6.45) is -0.721. The molecule has 0 aliphatic rings. The minimum Gasteiger partial charge on any atom is -0.493 e. The Bertz CT molecular complexity index is 661. The second-order valence-electron chi connectivity index (χ2n) is 5.13. The maximum Gasteiger partial charge on any atom is 0.253 e. The van der Waals surface area contributed by atoms with E-state index in [-0.39, 0.29) is 12.5 Å². The number of benzene rings is 1. The third kappa shape index (κ3) is 3.80. The Kier molecular flexibility index (Phi) is 6.05. The first-order valence-electron chi connectivity index (χ1n) is 7.28. The van der Waals surface area contributed by atoms with Crippen molar-refractivity contribution in [1.29, 1.82) is 0 Å². The van der Waals surface area contributed by atoms with Crippen molar-refractivity contribution in [3.8, 4) is 17.2 Å². The molecule has 1 amide bonds. The van der Waals surface area contributed by atoms with E-state index in [1.807, 2.05) is 17.5 Å². The maximum atomic E-state index is 12.7. The lowest BCUT2D eigenvalue weighted by molar-refractivity contribution is 0.0685. The molecule has 0 spiro atoms. The van der Waals surface area contributed by atoms with Gasteiger partial charge in [-0.25, -0.2) is 0 Å². The number of ether oxygens (including phenoxy) is 3. The number of likely N-dealkylation sites (N-methyl/N-ethyl adjacent to an activating group) is 1. The van der Waals surface area contributed by atoms with Gasteiger partial charge in [-0.2, -0.15) is 0 Å². The molecule has 1 aromatic heterocycles. The number of amides is 1. The Morgan fingerprint density at radius 2 is 1.83 bits per heavy atom. The molecule has 1 heterocycles. The van der Waals surface area contributed by atoms with E-state index in [1.54, 1.807) is 19.2 Å². The summed E-state index contributed by atoms with van der Waals surface area (Å²) in [5, 5.41) is 12.1. The van der Waals surface area contributed by atoms with Gasteiger partial charge in [-0.3, -0.25) is 4.79 Å². The van der Waals surface area contributed by atoms with E-state index in [1.165, 1.54) is 37.6 Å². The number of rotatable bonds is 7. The fraction of sp³-hybridized carbons (Fsp3) is 0.353. The number of thiophene rings is 1. The van der Waals surface area contributed by atoms with E-state index in [4.69, 9.17) is 14.2 Å². The lowest BCUT2D eigenvalue weighted by atomic mass is 10.1. The van der Waals surface area contributed by atoms with Crippen molar-refractivity contribution in [1.82, 2.24) is 4.90 Å². The van der Waals surface area contributed by atoms with Gasteiger partial charge in [-0.05, 0) is 23.6 Å². The van der Waals surface area contributed by atoms with Crippen molar-refractivity contribution in [2.45, 2.75) is 6.10 Å². The quantitative estimate of drug-likeness (QED) is 0.830. The van der Waals surface area contributed by atoms with Gasteiger partial charge in [0.15, 0.2) is 11.5 Å². The summed E-state index contributed by atoms with van der Waals surface area (Å²) < 4.78 is 15.8. The monoisotopic (exact) mass is 351 g/mol. The summed E-state index contributed by atoms with van der Waals surface area (Å²) >= 11 is 1.45. The van der Waals surface area contributed by atoms with Crippen LogP contribution in [-0.2, 0) is 0 Å². The van der Waals surface area contributed by atoms with E-state index < -0.39 is 6.10 Å². The van der Waals surface area contributed by atoms with Crippen LogP contribution in [0.3, 0.4) is 0 Å². The molecule has 1 unspecified atom stereocenters. The average Bonchev–Trinajstić information content (AvgIpc) is 3.14. The Morgan fingerprint density at radius 1 is 1.21 bits per heavy atom. The standard InChI is InChI=1S/C17H21NO5S/c1-18(10-12(19)15-6-5-7-24-15)17(20)11-8-13(21-2)16(23-4)14(9-11)22-3/h5-9,12,19H,10H2,1-4H3. The second kappa shape index (κ2) is 8.03. The number of nitrogens with zero attached hydrogens (tertiary/aromatic N) is 1. The highest BCUT2D eigenvalue weighted by atomic mass is 32.1. The van der Waals surface area contributed by atoms with Gasteiger partial charge in [0, 0.05) is 17.5 Å². The molecule has 7 heteroatoms. The lowest BCUT2D eigenvalue weighted by Crippen LogP contribution is -2.31. The van der Waals surface area contributed by atoms with Crippen LogP contribution < -0.4 is 14.2 Å². The Hall–Kier alpha value is -2.25. The number of carbonyl (C=O) groups is 1. The van der Waals surface area contributed by atoms with Crippen LogP contribution in [0.25, 0.3) is 0 Å². The highest BCUT2D eigenvalue weighted by molar-refractivity contribution is 7.10. The number of hydrogen-bond donors (Lipinski definition) is 1. The molecule has 1 atom stereocenters. The molecule has 0 radical (unpaired) electrons. The predicted molar refractivity (Wildman–Crippen MR) is 92.3 cm³/mol. The molecule has 1 aromatic carbocycles. The number of aliphatic hydroxyl groups is 1. The molecule has 2 aromatic rings. The Morgan fingerprint density at radius 3 is 2.29 bits per heavy atom. The third-order valence-corrected chi connectivity index (χ3v) is 4.55. The molecule has 0 aliphatic carbocycles. The predicted octanol–water partition coefficient (Wildman–Crippen LogP) is 2.58. The van der Waals surface area contributed by atoms with Crippen LogP contribution in [0.1, 0.15) is 21.3 Å². The summed E-state index contributed by atoms with van der Waals surface area (Å²) in [7, 11) is 6.14.